The van der Waals surface area contributed by atoms with Crippen molar-refractivity contribution in [3.63, 3.8) is 0 Å². The van der Waals surface area contributed by atoms with Gasteiger partial charge >= 0.3 is 6.18 Å². The van der Waals surface area contributed by atoms with E-state index in [1.807, 2.05) is 0 Å². The summed E-state index contributed by atoms with van der Waals surface area (Å²) in [7, 11) is 0. The van der Waals surface area contributed by atoms with Gasteiger partial charge in [-0.2, -0.15) is 13.2 Å². The Bertz CT molecular complexity index is 1370. The molecular weight excluding hydrogens is 521 g/mol. The van der Waals surface area contributed by atoms with Gasteiger partial charge in [0.25, 0.3) is 5.56 Å². The Morgan fingerprint density at radius 3 is 2.57 bits per heavy atom. The van der Waals surface area contributed by atoms with Gasteiger partial charge in [-0.15, -0.1) is 0 Å². The van der Waals surface area contributed by atoms with Gasteiger partial charge in [0.2, 0.25) is 5.91 Å². The van der Waals surface area contributed by atoms with E-state index in [9.17, 15) is 27.2 Å². The number of carbonyl (C=O) groups is 1. The molecule has 1 fully saturated rings. The van der Waals surface area contributed by atoms with Gasteiger partial charge in [-0.05, 0) is 49.6 Å². The molecule has 6 nitrogen and oxygen atoms in total. The minimum atomic E-state index is -4.90. The van der Waals surface area contributed by atoms with Crippen molar-refractivity contribution in [2.75, 3.05) is 0 Å². The highest BCUT2D eigenvalue weighted by Crippen LogP contribution is 2.38. The fraction of sp³-hybridized carbons (Fsp3) is 0.320. The summed E-state index contributed by atoms with van der Waals surface area (Å²) in [6.45, 7) is 1.15. The van der Waals surface area contributed by atoms with Crippen LogP contribution in [0.3, 0.4) is 0 Å². The smallest absolute Gasteiger partial charge is 0.373 e. The Labute approximate surface area is 212 Å². The van der Waals surface area contributed by atoms with Crippen molar-refractivity contribution in [3.8, 4) is 11.4 Å². The van der Waals surface area contributed by atoms with Crippen LogP contribution in [0.2, 0.25) is 5.02 Å². The largest absolute Gasteiger partial charge is 0.417 e. The van der Waals surface area contributed by atoms with Gasteiger partial charge in [0.1, 0.15) is 17.5 Å². The molecule has 1 aliphatic carbocycles. The minimum Gasteiger partial charge on any atom is -0.373 e. The molecule has 1 aromatic heterocycles. The van der Waals surface area contributed by atoms with Crippen LogP contribution in [-0.4, -0.2) is 22.0 Å². The van der Waals surface area contributed by atoms with Crippen molar-refractivity contribution >= 4 is 17.5 Å². The monoisotopic (exact) mass is 541 g/mol. The zero-order chi connectivity index (χ0) is 26.9. The van der Waals surface area contributed by atoms with Crippen LogP contribution in [0, 0.1) is 24.5 Å². The lowest BCUT2D eigenvalue weighted by molar-refractivity contribution is -0.137. The topological polar surface area (TPSA) is 84.1 Å². The summed E-state index contributed by atoms with van der Waals surface area (Å²) < 4.78 is 75.1. The van der Waals surface area contributed by atoms with E-state index >= 15 is 4.39 Å². The number of nitrogens with zero attached hydrogens (tertiary/aromatic N) is 1. The molecule has 1 saturated carbocycles. The van der Waals surface area contributed by atoms with Gasteiger partial charge in [0, 0.05) is 34.8 Å². The van der Waals surface area contributed by atoms with E-state index in [-0.39, 0.29) is 35.5 Å². The van der Waals surface area contributed by atoms with E-state index in [0.29, 0.717) is 24.5 Å². The lowest BCUT2D eigenvalue weighted by Gasteiger charge is -2.34. The lowest BCUT2D eigenvalue weighted by Crippen LogP contribution is -2.42. The third-order valence-corrected chi connectivity index (χ3v) is 6.18. The molecule has 1 amide bonds. The number of aromatic amines is 1. The van der Waals surface area contributed by atoms with Gasteiger partial charge in [0.15, 0.2) is 0 Å². The maximum absolute atomic E-state index is 15.3. The molecular formula is C25H21ClF5N3O3. The van der Waals surface area contributed by atoms with Crippen LogP contribution in [0.1, 0.15) is 35.2 Å². The van der Waals surface area contributed by atoms with Crippen LogP contribution >= 0.6 is 11.6 Å². The second-order valence-electron chi connectivity index (χ2n) is 8.79. The van der Waals surface area contributed by atoms with Gasteiger partial charge in [-0.3, -0.25) is 9.59 Å². The number of benzene rings is 2. The van der Waals surface area contributed by atoms with Gasteiger partial charge in [-0.1, -0.05) is 17.7 Å². The Kier molecular flexibility index (Phi) is 7.65. The first kappa shape index (κ1) is 26.7. The van der Waals surface area contributed by atoms with Crippen molar-refractivity contribution in [2.24, 2.45) is 5.92 Å². The van der Waals surface area contributed by atoms with Crippen molar-refractivity contribution in [1.82, 2.24) is 15.3 Å². The van der Waals surface area contributed by atoms with Crippen molar-refractivity contribution < 1.29 is 31.5 Å². The number of nitrogens with one attached hydrogen (secondary N) is 2. The number of H-pyrrole nitrogens is 1. The fourth-order valence-electron chi connectivity index (χ4n) is 4.07. The average molecular weight is 542 g/mol. The van der Waals surface area contributed by atoms with Crippen LogP contribution in [-0.2, 0) is 28.9 Å². The molecule has 196 valence electrons. The predicted octanol–water partition coefficient (Wildman–Crippen LogP) is 5.31. The molecule has 0 saturated heterocycles. The first-order valence-electron chi connectivity index (χ1n) is 11.2. The van der Waals surface area contributed by atoms with E-state index in [1.165, 1.54) is 19.1 Å². The van der Waals surface area contributed by atoms with Crippen molar-refractivity contribution in [1.29, 1.82) is 0 Å². The van der Waals surface area contributed by atoms with Crippen LogP contribution in [0.25, 0.3) is 11.4 Å². The third-order valence-electron chi connectivity index (χ3n) is 5.96. The molecule has 2 N–H and O–H groups in total. The molecule has 4 rings (SSSR count). The third kappa shape index (κ3) is 6.34. The van der Waals surface area contributed by atoms with Crippen molar-refractivity contribution in [2.45, 2.75) is 45.2 Å². The quantitative estimate of drug-likeness (QED) is 0.397. The summed E-state index contributed by atoms with van der Waals surface area (Å²) in [5, 5.41) is 2.78. The molecule has 0 atom stereocenters. The number of amides is 1. The van der Waals surface area contributed by atoms with E-state index < -0.39 is 52.1 Å². The maximum atomic E-state index is 15.3. The molecule has 1 heterocycles. The number of aromatic nitrogens is 2. The molecule has 0 radical (unpaired) electrons. The second kappa shape index (κ2) is 10.6. The maximum Gasteiger partial charge on any atom is 0.417 e. The summed E-state index contributed by atoms with van der Waals surface area (Å²) in [5.74, 6) is -3.11. The summed E-state index contributed by atoms with van der Waals surface area (Å²) in [4.78, 5) is 30.3. The van der Waals surface area contributed by atoms with Crippen LogP contribution in [0.15, 0.2) is 41.2 Å². The first-order chi connectivity index (χ1) is 17.4. The Hall–Kier alpha value is -3.31. The van der Waals surface area contributed by atoms with Gasteiger partial charge in [0.05, 0.1) is 23.8 Å². The second-order valence-corrected chi connectivity index (χ2v) is 9.23. The number of ether oxygens (including phenoxy) is 1. The molecule has 2 aromatic carbocycles. The average Bonchev–Trinajstić information content (AvgIpc) is 2.75. The lowest BCUT2D eigenvalue weighted by atomic mass is 9.81. The molecule has 0 unspecified atom stereocenters. The summed E-state index contributed by atoms with van der Waals surface area (Å²) >= 11 is 5.81. The number of alkyl halides is 3. The van der Waals surface area contributed by atoms with Gasteiger partial charge in [-0.25, -0.2) is 13.8 Å². The van der Waals surface area contributed by atoms with E-state index in [1.54, 1.807) is 6.07 Å². The standard InChI is InChI=1S/C25H21ClF5N3O3/c1-12-4-20(35)34-23(33-12)21-19(25(29,30)31)3-2-14(22(21)28)10-32-24(36)15-7-18(8-15)37-11-13-5-16(26)9-17(27)6-13/h2-6,9,15,18H,7-8,10-11H2,1H3,(H,32,36)(H,33,34,35). The van der Waals surface area contributed by atoms with Crippen LogP contribution in [0.5, 0.6) is 0 Å². The molecule has 0 aliphatic heterocycles. The molecule has 0 bridgehead atoms. The fourth-order valence-corrected chi connectivity index (χ4v) is 4.32. The first-order valence-corrected chi connectivity index (χ1v) is 11.6. The molecule has 12 heteroatoms. The predicted molar refractivity (Wildman–Crippen MR) is 125 cm³/mol. The molecule has 37 heavy (non-hydrogen) atoms. The highest BCUT2D eigenvalue weighted by molar-refractivity contribution is 6.30. The zero-order valence-electron chi connectivity index (χ0n) is 19.4. The number of rotatable bonds is 7. The Morgan fingerprint density at radius 1 is 1.19 bits per heavy atom. The van der Waals surface area contributed by atoms with E-state index in [2.05, 4.69) is 15.3 Å². The normalized spacial score (nSPS) is 17.4. The summed E-state index contributed by atoms with van der Waals surface area (Å²) in [5.41, 5.74) is -2.45. The Balaban J connectivity index is 1.40. The Morgan fingerprint density at radius 2 is 1.92 bits per heavy atom. The van der Waals surface area contributed by atoms with Gasteiger partial charge < -0.3 is 15.0 Å². The molecule has 0 spiro atoms. The van der Waals surface area contributed by atoms with Crippen molar-refractivity contribution in [3.05, 3.63) is 85.8 Å². The summed E-state index contributed by atoms with van der Waals surface area (Å²) in [6, 6.07) is 6.74. The molecule has 3 aromatic rings. The number of hydrogen-bond donors (Lipinski definition) is 2. The number of aryl methyl sites for hydroxylation is 1. The number of hydrogen-bond acceptors (Lipinski definition) is 4. The van der Waals surface area contributed by atoms with E-state index in [0.717, 1.165) is 12.1 Å². The highest BCUT2D eigenvalue weighted by atomic mass is 35.5. The summed E-state index contributed by atoms with van der Waals surface area (Å²) in [6.07, 6.45) is -4.39. The van der Waals surface area contributed by atoms with Crippen LogP contribution in [0.4, 0.5) is 22.0 Å². The zero-order valence-corrected chi connectivity index (χ0v) is 20.1. The highest BCUT2D eigenvalue weighted by Gasteiger charge is 2.37. The van der Waals surface area contributed by atoms with E-state index in [4.69, 9.17) is 16.3 Å². The number of carbonyl (C=O) groups excluding carboxylic acids is 1. The van der Waals surface area contributed by atoms with Crippen LogP contribution < -0.4 is 10.9 Å². The SMILES string of the molecule is Cc1cc(=O)[nH]c(-c2c(C(F)(F)F)ccc(CNC(=O)C3CC(OCc4cc(F)cc(Cl)c4)C3)c2F)n1. The number of halogens is 6. The molecule has 1 aliphatic rings. The minimum absolute atomic E-state index is 0.116.